The molecule has 1 heteroatoms. The van der Waals surface area contributed by atoms with Crippen molar-refractivity contribution < 1.29 is 0 Å². The molecule has 0 N–H and O–H groups in total. The molecule has 0 aromatic carbocycles. The minimum absolute atomic E-state index is 1.05. The van der Waals surface area contributed by atoms with Gasteiger partial charge in [0.1, 0.15) is 0 Å². The fraction of sp³-hybridized carbons (Fsp3) is 1.00. The Labute approximate surface area is 102 Å². The Hall–Kier alpha value is -0.0400. The van der Waals surface area contributed by atoms with Crippen molar-refractivity contribution in [3.8, 4) is 0 Å². The molecule has 2 bridgehead atoms. The average molecular weight is 223 g/mol. The molecule has 0 amide bonds. The average Bonchev–Trinajstić information content (AvgIpc) is 2.33. The van der Waals surface area contributed by atoms with Crippen LogP contribution in [-0.2, 0) is 0 Å². The lowest BCUT2D eigenvalue weighted by Crippen LogP contribution is -2.29. The first kappa shape index (κ1) is 12.4. The quantitative estimate of drug-likeness (QED) is 0.594. The third-order valence-electron chi connectivity index (χ3n) is 4.53. The zero-order valence-electron chi connectivity index (χ0n) is 10.9. The molecule has 1 nitrogen and oxygen atoms in total. The van der Waals surface area contributed by atoms with Gasteiger partial charge in [-0.25, -0.2) is 0 Å². The van der Waals surface area contributed by atoms with Crippen LogP contribution in [0.4, 0.5) is 0 Å². The molecule has 2 aliphatic heterocycles. The topological polar surface area (TPSA) is 3.24 Å². The summed E-state index contributed by atoms with van der Waals surface area (Å²) in [5.74, 6) is 1.05. The predicted molar refractivity (Wildman–Crippen MR) is 70.7 cm³/mol. The number of fused-ring (bicyclic) bond motifs is 3. The van der Waals surface area contributed by atoms with Crippen LogP contribution in [0.2, 0.25) is 0 Å². The minimum atomic E-state index is 1.05. The Morgan fingerprint density at radius 2 is 1.06 bits per heavy atom. The van der Waals surface area contributed by atoms with E-state index in [2.05, 4.69) is 4.90 Å². The highest BCUT2D eigenvalue weighted by atomic mass is 15.1. The van der Waals surface area contributed by atoms with Crippen molar-refractivity contribution in [2.45, 2.75) is 70.6 Å². The fourth-order valence-corrected chi connectivity index (χ4v) is 3.38. The molecule has 2 rings (SSSR count). The second-order valence-electron chi connectivity index (χ2n) is 5.90. The van der Waals surface area contributed by atoms with E-state index in [9.17, 15) is 0 Å². The van der Waals surface area contributed by atoms with Crippen LogP contribution < -0.4 is 0 Å². The molecule has 0 aromatic rings. The molecule has 2 aliphatic rings. The first-order valence-corrected chi connectivity index (χ1v) is 7.67. The van der Waals surface area contributed by atoms with Crippen molar-refractivity contribution in [1.82, 2.24) is 4.90 Å². The smallest absolute Gasteiger partial charge is 0.00161 e. The van der Waals surface area contributed by atoms with Gasteiger partial charge in [0.2, 0.25) is 0 Å². The maximum absolute atomic E-state index is 2.75. The van der Waals surface area contributed by atoms with Crippen LogP contribution in [0, 0.1) is 5.92 Å². The van der Waals surface area contributed by atoms with Gasteiger partial charge in [-0.3, -0.25) is 0 Å². The highest BCUT2D eigenvalue weighted by molar-refractivity contribution is 4.69. The Morgan fingerprint density at radius 1 is 0.500 bits per heavy atom. The van der Waals surface area contributed by atoms with Crippen LogP contribution in [0.5, 0.6) is 0 Å². The van der Waals surface area contributed by atoms with Crippen molar-refractivity contribution in [2.75, 3.05) is 19.6 Å². The molecule has 94 valence electrons. The summed E-state index contributed by atoms with van der Waals surface area (Å²) in [4.78, 5) is 2.75. The molecule has 2 heterocycles. The van der Waals surface area contributed by atoms with Gasteiger partial charge in [-0.15, -0.1) is 0 Å². The molecule has 2 fully saturated rings. The summed E-state index contributed by atoms with van der Waals surface area (Å²) in [7, 11) is 0. The highest BCUT2D eigenvalue weighted by Crippen LogP contribution is 2.24. The summed E-state index contributed by atoms with van der Waals surface area (Å²) in [6, 6.07) is 0. The molecule has 0 saturated carbocycles. The molecule has 0 radical (unpaired) electrons. The second-order valence-corrected chi connectivity index (χ2v) is 5.90. The van der Waals surface area contributed by atoms with Crippen molar-refractivity contribution >= 4 is 0 Å². The molecule has 0 atom stereocenters. The van der Waals surface area contributed by atoms with E-state index >= 15 is 0 Å². The van der Waals surface area contributed by atoms with E-state index in [1.807, 2.05) is 0 Å². The molecule has 16 heavy (non-hydrogen) atoms. The van der Waals surface area contributed by atoms with Gasteiger partial charge in [-0.2, -0.15) is 0 Å². The zero-order chi connectivity index (χ0) is 11.1. The van der Waals surface area contributed by atoms with Gasteiger partial charge in [0.05, 0.1) is 0 Å². The van der Waals surface area contributed by atoms with E-state index in [-0.39, 0.29) is 0 Å². The predicted octanol–water partition coefficient (Wildman–Crippen LogP) is 4.22. The molecule has 0 spiro atoms. The maximum atomic E-state index is 2.75. The standard InChI is InChI=1S/C15H29N/c1-3-7-12-16-13-8-4-2-6-10-15(9-5-1)11-14-16/h15H,1-14H2. The number of hydrogen-bond donors (Lipinski definition) is 0. The number of hydrogen-bond acceptors (Lipinski definition) is 1. The van der Waals surface area contributed by atoms with Gasteiger partial charge in [0, 0.05) is 0 Å². The van der Waals surface area contributed by atoms with Gasteiger partial charge < -0.3 is 4.90 Å². The molecule has 0 aromatic heterocycles. The van der Waals surface area contributed by atoms with Gasteiger partial charge in [0.15, 0.2) is 0 Å². The fourth-order valence-electron chi connectivity index (χ4n) is 3.38. The van der Waals surface area contributed by atoms with Gasteiger partial charge in [0.25, 0.3) is 0 Å². The van der Waals surface area contributed by atoms with Gasteiger partial charge >= 0.3 is 0 Å². The van der Waals surface area contributed by atoms with Crippen LogP contribution in [-0.4, -0.2) is 24.5 Å². The molecular weight excluding hydrogens is 194 g/mol. The summed E-state index contributed by atoms with van der Waals surface area (Å²) >= 11 is 0. The Bertz CT molecular complexity index is 142. The first-order chi connectivity index (χ1) is 7.95. The Balaban J connectivity index is 1.88. The van der Waals surface area contributed by atoms with Gasteiger partial charge in [-0.05, 0) is 44.8 Å². The van der Waals surface area contributed by atoms with E-state index in [4.69, 9.17) is 0 Å². The summed E-state index contributed by atoms with van der Waals surface area (Å²) in [6.45, 7) is 4.16. The number of rotatable bonds is 0. The van der Waals surface area contributed by atoms with E-state index < -0.39 is 0 Å². The first-order valence-electron chi connectivity index (χ1n) is 7.67. The summed E-state index contributed by atoms with van der Waals surface area (Å²) in [5, 5.41) is 0. The third-order valence-corrected chi connectivity index (χ3v) is 4.53. The van der Waals surface area contributed by atoms with Crippen molar-refractivity contribution in [2.24, 2.45) is 5.92 Å². The largest absolute Gasteiger partial charge is 0.303 e. The van der Waals surface area contributed by atoms with E-state index in [0.717, 1.165) is 5.92 Å². The minimum Gasteiger partial charge on any atom is -0.303 e. The lowest BCUT2D eigenvalue weighted by molar-refractivity contribution is 0.215. The second kappa shape index (κ2) is 7.32. The van der Waals surface area contributed by atoms with Crippen molar-refractivity contribution in [3.05, 3.63) is 0 Å². The zero-order valence-corrected chi connectivity index (χ0v) is 10.9. The van der Waals surface area contributed by atoms with E-state index in [0.29, 0.717) is 0 Å². The van der Waals surface area contributed by atoms with Crippen LogP contribution in [0.1, 0.15) is 70.6 Å². The van der Waals surface area contributed by atoms with Crippen LogP contribution in [0.3, 0.4) is 0 Å². The molecule has 0 unspecified atom stereocenters. The Kier molecular flexibility index (Phi) is 5.68. The van der Waals surface area contributed by atoms with Crippen LogP contribution >= 0.6 is 0 Å². The molecule has 0 aliphatic carbocycles. The number of nitrogens with zero attached hydrogens (tertiary/aromatic N) is 1. The summed E-state index contributed by atoms with van der Waals surface area (Å²) in [6.07, 6.45) is 16.4. The monoisotopic (exact) mass is 223 g/mol. The maximum Gasteiger partial charge on any atom is -0.00161 e. The molecular formula is C15H29N. The summed E-state index contributed by atoms with van der Waals surface area (Å²) < 4.78 is 0. The third kappa shape index (κ3) is 4.45. The Morgan fingerprint density at radius 3 is 1.69 bits per heavy atom. The van der Waals surface area contributed by atoms with E-state index in [1.54, 1.807) is 0 Å². The summed E-state index contributed by atoms with van der Waals surface area (Å²) in [5.41, 5.74) is 0. The van der Waals surface area contributed by atoms with Crippen molar-refractivity contribution in [1.29, 1.82) is 0 Å². The van der Waals surface area contributed by atoms with Crippen molar-refractivity contribution in [3.63, 3.8) is 0 Å². The lowest BCUT2D eigenvalue weighted by atomic mass is 9.90. The lowest BCUT2D eigenvalue weighted by Gasteiger charge is -2.28. The highest BCUT2D eigenvalue weighted by Gasteiger charge is 2.14. The van der Waals surface area contributed by atoms with E-state index in [1.165, 1.54) is 90.3 Å². The molecule has 2 saturated heterocycles. The van der Waals surface area contributed by atoms with Gasteiger partial charge in [-0.1, -0.05) is 51.4 Å². The SMILES string of the molecule is C1CCCN2CCCCCCC(CC1)CC2. The van der Waals surface area contributed by atoms with Crippen LogP contribution in [0.15, 0.2) is 0 Å². The van der Waals surface area contributed by atoms with Crippen LogP contribution in [0.25, 0.3) is 0 Å². The normalized spacial score (nSPS) is 34.5.